The lowest BCUT2D eigenvalue weighted by Crippen LogP contribution is -2.54. The highest BCUT2D eigenvalue weighted by molar-refractivity contribution is 6.07. The van der Waals surface area contributed by atoms with Crippen LogP contribution in [0.3, 0.4) is 0 Å². The predicted octanol–water partition coefficient (Wildman–Crippen LogP) is 0.784. The van der Waals surface area contributed by atoms with Gasteiger partial charge in [-0.15, -0.1) is 0 Å². The highest BCUT2D eigenvalue weighted by Crippen LogP contribution is 2.31. The molecule has 0 aliphatic carbocycles. The number of nitrogens with one attached hydrogen (secondary N) is 2. The van der Waals surface area contributed by atoms with Crippen LogP contribution in [0.2, 0.25) is 0 Å². The maximum absolute atomic E-state index is 12.6. The smallest absolute Gasteiger partial charge is 0.322 e. The molecule has 2 aliphatic rings. The van der Waals surface area contributed by atoms with E-state index >= 15 is 0 Å². The first kappa shape index (κ1) is 15.6. The maximum atomic E-state index is 12.6. The number of amides is 4. The van der Waals surface area contributed by atoms with Crippen molar-refractivity contribution < 1.29 is 14.4 Å². The minimum absolute atomic E-state index is 0.0177. The summed E-state index contributed by atoms with van der Waals surface area (Å²) in [4.78, 5) is 37.8. The fraction of sp³-hybridized carbons (Fsp3) is 0.562. The summed E-state index contributed by atoms with van der Waals surface area (Å²) >= 11 is 0. The highest BCUT2D eigenvalue weighted by Gasteiger charge is 2.48. The molecule has 2 saturated heterocycles. The second kappa shape index (κ2) is 5.40. The number of likely N-dealkylation sites (tertiary alicyclic amines) is 1. The molecule has 124 valence electrons. The fourth-order valence-corrected chi connectivity index (χ4v) is 3.49. The molecule has 1 atom stereocenters. The molecule has 1 aromatic heterocycles. The summed E-state index contributed by atoms with van der Waals surface area (Å²) < 4.78 is 1.89. The van der Waals surface area contributed by atoms with Crippen LogP contribution >= 0.6 is 0 Å². The van der Waals surface area contributed by atoms with Gasteiger partial charge in [0.05, 0.1) is 0 Å². The number of hydrogen-bond acceptors (Lipinski definition) is 3. The number of piperidine rings is 1. The SMILES string of the molecule is Cc1ccc(C(=O)N2CCC([C@]3(C)NC(=O)NC3=O)CC2)n1C. The van der Waals surface area contributed by atoms with Crippen LogP contribution < -0.4 is 10.6 Å². The molecule has 0 bridgehead atoms. The topological polar surface area (TPSA) is 83.4 Å². The number of aromatic nitrogens is 1. The Balaban J connectivity index is 1.67. The van der Waals surface area contributed by atoms with Crippen molar-refractivity contribution in [1.29, 1.82) is 0 Å². The largest absolute Gasteiger partial charge is 0.344 e. The van der Waals surface area contributed by atoms with Gasteiger partial charge in [-0.25, -0.2) is 4.79 Å². The monoisotopic (exact) mass is 318 g/mol. The van der Waals surface area contributed by atoms with Crippen LogP contribution in [-0.2, 0) is 11.8 Å². The van der Waals surface area contributed by atoms with E-state index in [2.05, 4.69) is 10.6 Å². The predicted molar refractivity (Wildman–Crippen MR) is 83.9 cm³/mol. The first-order valence-corrected chi connectivity index (χ1v) is 7.88. The van der Waals surface area contributed by atoms with Gasteiger partial charge in [-0.3, -0.25) is 14.9 Å². The molecule has 0 unspecified atom stereocenters. The van der Waals surface area contributed by atoms with Crippen molar-refractivity contribution in [1.82, 2.24) is 20.1 Å². The molecule has 0 spiro atoms. The standard InChI is InChI=1S/C16H22N4O3/c1-10-4-5-12(19(10)3)13(21)20-8-6-11(7-9-20)16(2)14(22)17-15(23)18-16/h4-5,11H,6-9H2,1-3H3,(H2,17,18,22,23)/t16-/m0/s1. The average Bonchev–Trinajstić information content (AvgIpc) is 2.99. The van der Waals surface area contributed by atoms with E-state index in [1.807, 2.05) is 35.6 Å². The zero-order chi connectivity index (χ0) is 16.8. The van der Waals surface area contributed by atoms with Crippen LogP contribution in [0, 0.1) is 12.8 Å². The molecule has 7 heteroatoms. The lowest BCUT2D eigenvalue weighted by Gasteiger charge is -2.38. The van der Waals surface area contributed by atoms with Gasteiger partial charge in [-0.2, -0.15) is 0 Å². The molecule has 2 fully saturated rings. The molecule has 3 heterocycles. The number of nitrogens with zero attached hydrogens (tertiary/aromatic N) is 2. The Morgan fingerprint density at radius 2 is 1.91 bits per heavy atom. The van der Waals surface area contributed by atoms with Crippen molar-refractivity contribution in [3.05, 3.63) is 23.5 Å². The van der Waals surface area contributed by atoms with E-state index in [0.29, 0.717) is 31.6 Å². The van der Waals surface area contributed by atoms with E-state index in [1.165, 1.54) is 0 Å². The molecule has 0 aromatic carbocycles. The van der Waals surface area contributed by atoms with Gasteiger partial charge >= 0.3 is 6.03 Å². The van der Waals surface area contributed by atoms with Gasteiger partial charge in [0.25, 0.3) is 11.8 Å². The van der Waals surface area contributed by atoms with Crippen molar-refractivity contribution in [2.45, 2.75) is 32.2 Å². The van der Waals surface area contributed by atoms with Crippen molar-refractivity contribution in [3.8, 4) is 0 Å². The van der Waals surface area contributed by atoms with Crippen LogP contribution in [0.5, 0.6) is 0 Å². The molecule has 7 nitrogen and oxygen atoms in total. The van der Waals surface area contributed by atoms with Crippen LogP contribution in [0.25, 0.3) is 0 Å². The summed E-state index contributed by atoms with van der Waals surface area (Å²) in [6.45, 7) is 4.90. The number of carbonyl (C=O) groups excluding carboxylic acids is 3. The zero-order valence-electron chi connectivity index (χ0n) is 13.7. The molecule has 3 rings (SSSR count). The van der Waals surface area contributed by atoms with E-state index in [4.69, 9.17) is 0 Å². The van der Waals surface area contributed by atoms with Crippen molar-refractivity contribution in [3.63, 3.8) is 0 Å². The molecule has 1 aromatic rings. The summed E-state index contributed by atoms with van der Waals surface area (Å²) in [6.07, 6.45) is 1.39. The van der Waals surface area contributed by atoms with Gasteiger partial charge in [0.1, 0.15) is 11.2 Å². The molecular weight excluding hydrogens is 296 g/mol. The van der Waals surface area contributed by atoms with Gasteiger partial charge in [0, 0.05) is 25.8 Å². The summed E-state index contributed by atoms with van der Waals surface area (Å²) in [6, 6.07) is 3.34. The van der Waals surface area contributed by atoms with E-state index in [9.17, 15) is 14.4 Å². The van der Waals surface area contributed by atoms with E-state index in [1.54, 1.807) is 6.92 Å². The summed E-state index contributed by atoms with van der Waals surface area (Å²) in [5, 5.41) is 5.03. The molecular formula is C16H22N4O3. The lowest BCUT2D eigenvalue weighted by atomic mass is 9.79. The van der Waals surface area contributed by atoms with Crippen LogP contribution in [0.4, 0.5) is 4.79 Å². The summed E-state index contributed by atoms with van der Waals surface area (Å²) in [5.74, 6) is -0.220. The third-order valence-electron chi connectivity index (χ3n) is 5.26. The van der Waals surface area contributed by atoms with Crippen molar-refractivity contribution in [2.75, 3.05) is 13.1 Å². The summed E-state index contributed by atoms with van der Waals surface area (Å²) in [7, 11) is 1.88. The number of urea groups is 1. The Labute approximate surface area is 135 Å². The number of rotatable bonds is 2. The van der Waals surface area contributed by atoms with Gasteiger partial charge in [-0.05, 0) is 44.7 Å². The molecule has 2 aliphatic heterocycles. The minimum Gasteiger partial charge on any atom is -0.344 e. The zero-order valence-corrected chi connectivity index (χ0v) is 13.7. The molecule has 0 saturated carbocycles. The van der Waals surface area contributed by atoms with Gasteiger partial charge in [0.2, 0.25) is 0 Å². The first-order valence-electron chi connectivity index (χ1n) is 7.88. The van der Waals surface area contributed by atoms with Crippen LogP contribution in [-0.4, -0.2) is 45.9 Å². The number of imide groups is 1. The van der Waals surface area contributed by atoms with Gasteiger partial charge in [-0.1, -0.05) is 0 Å². The van der Waals surface area contributed by atoms with E-state index in [0.717, 1.165) is 5.69 Å². The average molecular weight is 318 g/mol. The van der Waals surface area contributed by atoms with Crippen LogP contribution in [0.15, 0.2) is 12.1 Å². The molecule has 4 amide bonds. The number of hydrogen-bond donors (Lipinski definition) is 2. The summed E-state index contributed by atoms with van der Waals surface area (Å²) in [5.41, 5.74) is 0.855. The van der Waals surface area contributed by atoms with Gasteiger partial charge in [0.15, 0.2) is 0 Å². The second-order valence-corrected chi connectivity index (χ2v) is 6.60. The lowest BCUT2D eigenvalue weighted by molar-refractivity contribution is -0.125. The van der Waals surface area contributed by atoms with Crippen LogP contribution in [0.1, 0.15) is 35.9 Å². The maximum Gasteiger partial charge on any atom is 0.322 e. The highest BCUT2D eigenvalue weighted by atomic mass is 16.2. The molecule has 0 radical (unpaired) electrons. The fourth-order valence-electron chi connectivity index (χ4n) is 3.49. The third kappa shape index (κ3) is 2.50. The van der Waals surface area contributed by atoms with Crippen molar-refractivity contribution >= 4 is 17.8 Å². The first-order chi connectivity index (χ1) is 10.8. The molecule has 23 heavy (non-hydrogen) atoms. The Hall–Kier alpha value is -2.31. The van der Waals surface area contributed by atoms with E-state index in [-0.39, 0.29) is 17.7 Å². The molecule has 2 N–H and O–H groups in total. The Bertz CT molecular complexity index is 673. The number of carbonyl (C=O) groups is 3. The Kier molecular flexibility index (Phi) is 3.66. The van der Waals surface area contributed by atoms with E-state index < -0.39 is 11.6 Å². The minimum atomic E-state index is -0.867. The number of aryl methyl sites for hydroxylation is 1. The Morgan fingerprint density at radius 1 is 1.26 bits per heavy atom. The Morgan fingerprint density at radius 3 is 2.39 bits per heavy atom. The van der Waals surface area contributed by atoms with Gasteiger partial charge < -0.3 is 14.8 Å². The third-order valence-corrected chi connectivity index (χ3v) is 5.26. The quantitative estimate of drug-likeness (QED) is 0.791. The normalized spacial score (nSPS) is 25.4. The second-order valence-electron chi connectivity index (χ2n) is 6.60. The van der Waals surface area contributed by atoms with Crippen molar-refractivity contribution in [2.24, 2.45) is 13.0 Å².